The number of anilines is 1. The van der Waals surface area contributed by atoms with Crippen molar-refractivity contribution >= 4 is 5.82 Å². The molecule has 0 bridgehead atoms. The zero-order valence-electron chi connectivity index (χ0n) is 11.3. The summed E-state index contributed by atoms with van der Waals surface area (Å²) in [6.07, 6.45) is 2.37. The second kappa shape index (κ2) is 5.99. The zero-order valence-corrected chi connectivity index (χ0v) is 11.3. The number of pyridine rings is 1. The van der Waals surface area contributed by atoms with Gasteiger partial charge in [-0.15, -0.1) is 0 Å². The van der Waals surface area contributed by atoms with Crippen LogP contribution in [0.5, 0.6) is 0 Å². The summed E-state index contributed by atoms with van der Waals surface area (Å²) >= 11 is 0. The highest BCUT2D eigenvalue weighted by molar-refractivity contribution is 5.38. The molecule has 0 amide bonds. The third-order valence-corrected chi connectivity index (χ3v) is 4.08. The van der Waals surface area contributed by atoms with E-state index in [-0.39, 0.29) is 11.2 Å². The monoisotopic (exact) mass is 287 g/mol. The van der Waals surface area contributed by atoms with Crippen LogP contribution in [0.25, 0.3) is 0 Å². The maximum absolute atomic E-state index is 12.6. The van der Waals surface area contributed by atoms with Crippen LogP contribution in [-0.2, 0) is 6.18 Å². The number of rotatable bonds is 4. The lowest BCUT2D eigenvalue weighted by molar-refractivity contribution is -0.137. The molecule has 0 unspecified atom stereocenters. The molecule has 3 nitrogen and oxygen atoms in total. The SMILES string of the molecule is NCC1(CNc2cc(C(F)(F)F)ccn2)CCCCC1. The molecule has 112 valence electrons. The van der Waals surface area contributed by atoms with Crippen LogP contribution < -0.4 is 11.1 Å². The minimum Gasteiger partial charge on any atom is -0.369 e. The third kappa shape index (κ3) is 3.62. The van der Waals surface area contributed by atoms with E-state index < -0.39 is 11.7 Å². The van der Waals surface area contributed by atoms with Crippen LogP contribution in [0, 0.1) is 5.41 Å². The Bertz CT molecular complexity index is 440. The van der Waals surface area contributed by atoms with E-state index in [9.17, 15) is 13.2 Å². The summed E-state index contributed by atoms with van der Waals surface area (Å²) in [6.45, 7) is 1.14. The van der Waals surface area contributed by atoms with Gasteiger partial charge < -0.3 is 11.1 Å². The van der Waals surface area contributed by atoms with Gasteiger partial charge in [0, 0.05) is 12.7 Å². The molecule has 0 spiro atoms. The molecule has 0 atom stereocenters. The van der Waals surface area contributed by atoms with Crippen molar-refractivity contribution < 1.29 is 13.2 Å². The Balaban J connectivity index is 2.03. The molecular formula is C14H20F3N3. The quantitative estimate of drug-likeness (QED) is 0.892. The van der Waals surface area contributed by atoms with Gasteiger partial charge in [0.15, 0.2) is 0 Å². The second-order valence-corrected chi connectivity index (χ2v) is 5.55. The Kier molecular flexibility index (Phi) is 4.52. The fourth-order valence-electron chi connectivity index (χ4n) is 2.74. The van der Waals surface area contributed by atoms with E-state index in [4.69, 9.17) is 5.73 Å². The van der Waals surface area contributed by atoms with E-state index in [0.29, 0.717) is 13.1 Å². The van der Waals surface area contributed by atoms with E-state index in [1.807, 2.05) is 0 Å². The lowest BCUT2D eigenvalue weighted by Gasteiger charge is -2.36. The lowest BCUT2D eigenvalue weighted by atomic mass is 9.74. The van der Waals surface area contributed by atoms with Crippen molar-refractivity contribution in [2.24, 2.45) is 11.1 Å². The molecule has 0 radical (unpaired) electrons. The van der Waals surface area contributed by atoms with Crippen LogP contribution in [0.2, 0.25) is 0 Å². The first-order valence-corrected chi connectivity index (χ1v) is 6.92. The molecule has 20 heavy (non-hydrogen) atoms. The number of alkyl halides is 3. The van der Waals surface area contributed by atoms with Crippen molar-refractivity contribution in [1.29, 1.82) is 0 Å². The van der Waals surface area contributed by atoms with E-state index in [2.05, 4.69) is 10.3 Å². The van der Waals surface area contributed by atoms with Crippen LogP contribution in [-0.4, -0.2) is 18.1 Å². The maximum Gasteiger partial charge on any atom is 0.416 e. The minimum absolute atomic E-state index is 0.00579. The number of halogens is 3. The number of nitrogens with one attached hydrogen (secondary N) is 1. The van der Waals surface area contributed by atoms with Crippen LogP contribution in [0.1, 0.15) is 37.7 Å². The molecule has 0 aliphatic heterocycles. The average molecular weight is 287 g/mol. The third-order valence-electron chi connectivity index (χ3n) is 4.08. The molecule has 1 heterocycles. The molecule has 3 N–H and O–H groups in total. The smallest absolute Gasteiger partial charge is 0.369 e. The first kappa shape index (κ1) is 15.1. The second-order valence-electron chi connectivity index (χ2n) is 5.55. The number of nitrogens with two attached hydrogens (primary N) is 1. The summed E-state index contributed by atoms with van der Waals surface area (Å²) in [4.78, 5) is 3.95. The van der Waals surface area contributed by atoms with Crippen molar-refractivity contribution in [3.8, 4) is 0 Å². The Morgan fingerprint density at radius 3 is 2.55 bits per heavy atom. The lowest BCUT2D eigenvalue weighted by Crippen LogP contribution is -2.39. The van der Waals surface area contributed by atoms with Gasteiger partial charge in [-0.3, -0.25) is 0 Å². The first-order valence-electron chi connectivity index (χ1n) is 6.92. The zero-order chi connectivity index (χ0) is 14.6. The number of hydrogen-bond donors (Lipinski definition) is 2. The predicted molar refractivity (Wildman–Crippen MR) is 72.3 cm³/mol. The summed E-state index contributed by atoms with van der Waals surface area (Å²) in [5, 5.41) is 3.03. The molecular weight excluding hydrogens is 267 g/mol. The van der Waals surface area contributed by atoms with Crippen LogP contribution in [0.4, 0.5) is 19.0 Å². The van der Waals surface area contributed by atoms with Gasteiger partial charge in [-0.25, -0.2) is 4.98 Å². The number of nitrogens with zero attached hydrogens (tertiary/aromatic N) is 1. The Hall–Kier alpha value is -1.30. The van der Waals surface area contributed by atoms with Gasteiger partial charge in [-0.05, 0) is 36.9 Å². The van der Waals surface area contributed by atoms with Crippen LogP contribution in [0.15, 0.2) is 18.3 Å². The molecule has 1 aromatic heterocycles. The Morgan fingerprint density at radius 2 is 1.95 bits per heavy atom. The average Bonchev–Trinajstić information content (AvgIpc) is 2.46. The number of hydrogen-bond acceptors (Lipinski definition) is 3. The van der Waals surface area contributed by atoms with E-state index in [1.54, 1.807) is 0 Å². The predicted octanol–water partition coefficient (Wildman–Crippen LogP) is 3.42. The Morgan fingerprint density at radius 1 is 1.25 bits per heavy atom. The van der Waals surface area contributed by atoms with Gasteiger partial charge in [0.25, 0.3) is 0 Å². The minimum atomic E-state index is -4.34. The molecule has 6 heteroatoms. The highest BCUT2D eigenvalue weighted by Gasteiger charge is 2.32. The molecule has 1 aliphatic rings. The molecule has 0 saturated heterocycles. The Labute approximate surface area is 116 Å². The van der Waals surface area contributed by atoms with Gasteiger partial charge in [0.2, 0.25) is 0 Å². The van der Waals surface area contributed by atoms with Crippen molar-refractivity contribution in [2.75, 3.05) is 18.4 Å². The summed E-state index contributed by atoms with van der Waals surface area (Å²) in [5.41, 5.74) is 5.18. The molecule has 2 rings (SSSR count). The van der Waals surface area contributed by atoms with Gasteiger partial charge >= 0.3 is 6.18 Å². The van der Waals surface area contributed by atoms with Gasteiger partial charge in [-0.2, -0.15) is 13.2 Å². The van der Waals surface area contributed by atoms with Crippen molar-refractivity contribution in [3.05, 3.63) is 23.9 Å². The van der Waals surface area contributed by atoms with Gasteiger partial charge in [0.1, 0.15) is 5.82 Å². The topological polar surface area (TPSA) is 50.9 Å². The summed E-state index contributed by atoms with van der Waals surface area (Å²) in [5.74, 6) is 0.262. The number of aromatic nitrogens is 1. The molecule has 1 saturated carbocycles. The summed E-state index contributed by atoms with van der Waals surface area (Å²) in [6, 6.07) is 2.03. The van der Waals surface area contributed by atoms with Crippen molar-refractivity contribution in [1.82, 2.24) is 4.98 Å². The van der Waals surface area contributed by atoms with Gasteiger partial charge in [0.05, 0.1) is 5.56 Å². The van der Waals surface area contributed by atoms with E-state index in [0.717, 1.165) is 37.8 Å². The first-order chi connectivity index (χ1) is 9.45. The van der Waals surface area contributed by atoms with E-state index >= 15 is 0 Å². The largest absolute Gasteiger partial charge is 0.416 e. The molecule has 1 fully saturated rings. The van der Waals surface area contributed by atoms with Gasteiger partial charge in [-0.1, -0.05) is 19.3 Å². The molecule has 1 aliphatic carbocycles. The van der Waals surface area contributed by atoms with Crippen molar-refractivity contribution in [2.45, 2.75) is 38.3 Å². The fourth-order valence-corrected chi connectivity index (χ4v) is 2.74. The maximum atomic E-state index is 12.6. The van der Waals surface area contributed by atoms with Crippen LogP contribution in [0.3, 0.4) is 0 Å². The normalized spacial score (nSPS) is 18.8. The van der Waals surface area contributed by atoms with Crippen molar-refractivity contribution in [3.63, 3.8) is 0 Å². The molecule has 1 aromatic rings. The molecule has 0 aromatic carbocycles. The summed E-state index contributed by atoms with van der Waals surface area (Å²) < 4.78 is 37.9. The highest BCUT2D eigenvalue weighted by Crippen LogP contribution is 2.36. The highest BCUT2D eigenvalue weighted by atomic mass is 19.4. The van der Waals surface area contributed by atoms with Crippen LogP contribution >= 0.6 is 0 Å². The van der Waals surface area contributed by atoms with E-state index in [1.165, 1.54) is 12.6 Å². The fraction of sp³-hybridized carbons (Fsp3) is 0.643. The standard InChI is InChI=1S/C14H20F3N3/c15-14(16,17)11-4-7-19-12(8-11)20-10-13(9-18)5-2-1-3-6-13/h4,7-8H,1-3,5-6,9-10,18H2,(H,19,20). The summed E-state index contributed by atoms with van der Waals surface area (Å²) in [7, 11) is 0.